The van der Waals surface area contributed by atoms with Crippen LogP contribution in [0, 0.1) is 29.2 Å². The Kier molecular flexibility index (Phi) is 6.86. The van der Waals surface area contributed by atoms with Gasteiger partial charge in [-0.1, -0.05) is 100 Å². The van der Waals surface area contributed by atoms with Gasteiger partial charge in [0.05, 0.1) is 41.0 Å². The van der Waals surface area contributed by atoms with Gasteiger partial charge in [-0.3, -0.25) is 4.90 Å². The lowest BCUT2D eigenvalue weighted by atomic mass is 9.73. The zero-order valence-corrected chi connectivity index (χ0v) is 28.2. The standard InChI is InChI=1S/C44H32N6/c1-43(2)32-14-6-10-18-36(32)49(37-19-11-7-15-33(37)43)40-25-30(47-5)23-29(26-45)42(40)28-22-31(27-46)48-41(24-28)50-38-20-12-8-16-34(38)44(3,4)35-17-9-13-21-39(35)50/h6-25H,1-4H3. The number of nitriles is 2. The predicted octanol–water partition coefficient (Wildman–Crippen LogP) is 11.3. The molecule has 6 aromatic rings. The van der Waals surface area contributed by atoms with Crippen LogP contribution in [0.25, 0.3) is 16.0 Å². The summed E-state index contributed by atoms with van der Waals surface area (Å²) in [6, 6.07) is 45.1. The smallest absolute Gasteiger partial charge is 0.190 e. The molecule has 3 heterocycles. The minimum atomic E-state index is -0.292. The van der Waals surface area contributed by atoms with Crippen LogP contribution in [0.5, 0.6) is 0 Å². The number of aromatic nitrogens is 1. The zero-order valence-electron chi connectivity index (χ0n) is 28.2. The number of nitrogens with zero attached hydrogens (tertiary/aromatic N) is 6. The van der Waals surface area contributed by atoms with E-state index >= 15 is 0 Å². The van der Waals surface area contributed by atoms with Gasteiger partial charge in [0, 0.05) is 22.1 Å². The molecule has 0 saturated carbocycles. The maximum Gasteiger partial charge on any atom is 0.190 e. The molecule has 0 radical (unpaired) electrons. The molecule has 50 heavy (non-hydrogen) atoms. The van der Waals surface area contributed by atoms with Crippen LogP contribution in [0.2, 0.25) is 0 Å². The van der Waals surface area contributed by atoms with E-state index in [4.69, 9.17) is 11.6 Å². The van der Waals surface area contributed by atoms with Crippen molar-refractivity contribution in [1.82, 2.24) is 4.98 Å². The molecule has 5 aromatic carbocycles. The summed E-state index contributed by atoms with van der Waals surface area (Å²) in [5, 5.41) is 21.1. The molecule has 6 heteroatoms. The van der Waals surface area contributed by atoms with Crippen LogP contribution in [0.15, 0.2) is 121 Å². The van der Waals surface area contributed by atoms with Gasteiger partial charge in [0.1, 0.15) is 17.6 Å². The Balaban J connectivity index is 1.43. The molecule has 0 fully saturated rings. The van der Waals surface area contributed by atoms with Gasteiger partial charge in [0.2, 0.25) is 0 Å². The maximum absolute atomic E-state index is 10.7. The molecule has 6 nitrogen and oxygen atoms in total. The van der Waals surface area contributed by atoms with Gasteiger partial charge >= 0.3 is 0 Å². The normalized spacial score (nSPS) is 14.6. The molecular formula is C44H32N6. The van der Waals surface area contributed by atoms with Crippen molar-refractivity contribution in [3.8, 4) is 23.3 Å². The minimum absolute atomic E-state index is 0.224. The van der Waals surface area contributed by atoms with Crippen molar-refractivity contribution < 1.29 is 0 Å². The molecule has 1 aromatic heterocycles. The van der Waals surface area contributed by atoms with E-state index in [0.29, 0.717) is 33.9 Å². The van der Waals surface area contributed by atoms with E-state index in [9.17, 15) is 10.5 Å². The second-order valence-electron chi connectivity index (χ2n) is 13.8. The van der Waals surface area contributed by atoms with Crippen LogP contribution in [0.1, 0.15) is 61.2 Å². The molecule has 0 spiro atoms. The molecule has 0 unspecified atom stereocenters. The third kappa shape index (κ3) is 4.42. The van der Waals surface area contributed by atoms with Gasteiger partial charge in [-0.25, -0.2) is 9.83 Å². The minimum Gasteiger partial charge on any atom is -0.310 e. The summed E-state index contributed by atoms with van der Waals surface area (Å²) in [6.45, 7) is 16.9. The molecule has 0 bridgehead atoms. The first-order chi connectivity index (χ1) is 24.2. The zero-order chi connectivity index (χ0) is 34.8. The van der Waals surface area contributed by atoms with Gasteiger partial charge in [-0.15, -0.1) is 0 Å². The van der Waals surface area contributed by atoms with Gasteiger partial charge in [0.15, 0.2) is 5.69 Å². The molecule has 0 atom stereocenters. The highest BCUT2D eigenvalue weighted by Crippen LogP contribution is 2.55. The van der Waals surface area contributed by atoms with Crippen molar-refractivity contribution in [2.75, 3.05) is 9.80 Å². The van der Waals surface area contributed by atoms with Crippen molar-refractivity contribution in [2.45, 2.75) is 38.5 Å². The van der Waals surface area contributed by atoms with Crippen LogP contribution in [-0.4, -0.2) is 4.98 Å². The summed E-state index contributed by atoms with van der Waals surface area (Å²) in [4.78, 5) is 13.0. The van der Waals surface area contributed by atoms with Crippen LogP contribution >= 0.6 is 0 Å². The summed E-state index contributed by atoms with van der Waals surface area (Å²) in [6.07, 6.45) is 0. The first-order valence-corrected chi connectivity index (χ1v) is 16.6. The second-order valence-corrected chi connectivity index (χ2v) is 13.8. The van der Waals surface area contributed by atoms with E-state index in [1.54, 1.807) is 12.1 Å². The van der Waals surface area contributed by atoms with Crippen molar-refractivity contribution in [1.29, 1.82) is 10.5 Å². The number of hydrogen-bond donors (Lipinski definition) is 0. The molecule has 8 rings (SSSR count). The number of fused-ring (bicyclic) bond motifs is 4. The Morgan fingerprint density at radius 3 is 1.48 bits per heavy atom. The van der Waals surface area contributed by atoms with Gasteiger partial charge < -0.3 is 4.90 Å². The summed E-state index contributed by atoms with van der Waals surface area (Å²) in [5.74, 6) is 0.569. The second kappa shape index (κ2) is 11.2. The van der Waals surface area contributed by atoms with Crippen LogP contribution in [-0.2, 0) is 10.8 Å². The van der Waals surface area contributed by atoms with E-state index in [0.717, 1.165) is 45.0 Å². The number of benzene rings is 5. The number of rotatable bonds is 3. The highest BCUT2D eigenvalue weighted by Gasteiger charge is 2.39. The Bertz CT molecular complexity index is 2410. The Labute approximate surface area is 292 Å². The molecule has 2 aliphatic heterocycles. The van der Waals surface area contributed by atoms with Crippen LogP contribution in [0.4, 0.5) is 39.9 Å². The average Bonchev–Trinajstić information content (AvgIpc) is 3.14. The van der Waals surface area contributed by atoms with Crippen molar-refractivity contribution in [3.63, 3.8) is 0 Å². The fourth-order valence-corrected chi connectivity index (χ4v) is 7.92. The molecular weight excluding hydrogens is 613 g/mol. The lowest BCUT2D eigenvalue weighted by molar-refractivity contribution is 0.631. The number of para-hydroxylation sites is 4. The van der Waals surface area contributed by atoms with E-state index in [-0.39, 0.29) is 16.5 Å². The first kappa shape index (κ1) is 30.6. The van der Waals surface area contributed by atoms with Crippen molar-refractivity contribution >= 4 is 39.9 Å². The molecule has 238 valence electrons. The summed E-state index contributed by atoms with van der Waals surface area (Å²) < 4.78 is 0. The number of anilines is 6. The highest BCUT2D eigenvalue weighted by atomic mass is 15.2. The number of pyridine rings is 1. The molecule has 0 N–H and O–H groups in total. The number of hydrogen-bond acceptors (Lipinski definition) is 5. The van der Waals surface area contributed by atoms with Crippen LogP contribution in [0.3, 0.4) is 0 Å². The predicted molar refractivity (Wildman–Crippen MR) is 199 cm³/mol. The SMILES string of the molecule is [C-]#[N+]c1cc(C#N)c(-c2cc(C#N)nc(N3c4ccccc4C(C)(C)c4ccccc43)c2)c(N2c3ccccc3C(C)(C)c3ccccc32)c1. The topological polar surface area (TPSA) is 71.3 Å². The monoisotopic (exact) mass is 644 g/mol. The molecule has 0 aliphatic carbocycles. The third-order valence-electron chi connectivity index (χ3n) is 10.3. The van der Waals surface area contributed by atoms with E-state index in [1.165, 1.54) is 0 Å². The molecule has 2 aliphatic rings. The maximum atomic E-state index is 10.7. The largest absolute Gasteiger partial charge is 0.310 e. The Morgan fingerprint density at radius 2 is 1.04 bits per heavy atom. The average molecular weight is 645 g/mol. The molecule has 0 amide bonds. The van der Waals surface area contributed by atoms with Gasteiger partial charge in [0.25, 0.3) is 0 Å². The molecule has 0 saturated heterocycles. The Hall–Kier alpha value is -6.68. The highest BCUT2D eigenvalue weighted by molar-refractivity contribution is 5.97. The summed E-state index contributed by atoms with van der Waals surface area (Å²) in [7, 11) is 0. The fraction of sp³-hybridized carbons (Fsp3) is 0.136. The first-order valence-electron chi connectivity index (χ1n) is 16.6. The summed E-state index contributed by atoms with van der Waals surface area (Å²) >= 11 is 0. The quantitative estimate of drug-likeness (QED) is 0.179. The van der Waals surface area contributed by atoms with Gasteiger partial charge in [-0.2, -0.15) is 10.5 Å². The van der Waals surface area contributed by atoms with E-state index in [1.807, 2.05) is 48.5 Å². The van der Waals surface area contributed by atoms with Crippen molar-refractivity contribution in [2.24, 2.45) is 0 Å². The van der Waals surface area contributed by atoms with E-state index < -0.39 is 0 Å². The summed E-state index contributed by atoms with van der Waals surface area (Å²) in [5.41, 5.74) is 10.8. The van der Waals surface area contributed by atoms with Crippen LogP contribution < -0.4 is 9.80 Å². The third-order valence-corrected chi connectivity index (χ3v) is 10.3. The van der Waals surface area contributed by atoms with Crippen molar-refractivity contribution in [3.05, 3.63) is 166 Å². The Morgan fingerprint density at radius 1 is 0.580 bits per heavy atom. The fourth-order valence-electron chi connectivity index (χ4n) is 7.92. The van der Waals surface area contributed by atoms with Gasteiger partial charge in [-0.05, 0) is 76.3 Å². The van der Waals surface area contributed by atoms with E-state index in [2.05, 4.69) is 115 Å². The lowest BCUT2D eigenvalue weighted by Crippen LogP contribution is -2.31. The lowest BCUT2D eigenvalue weighted by Gasteiger charge is -2.43.